The average molecular weight is 309 g/mol. The lowest BCUT2D eigenvalue weighted by Gasteiger charge is -2.14. The van der Waals surface area contributed by atoms with Crippen molar-refractivity contribution < 1.29 is 19.0 Å². The third-order valence-corrected chi connectivity index (χ3v) is 3.84. The van der Waals surface area contributed by atoms with Gasteiger partial charge < -0.3 is 14.2 Å². The summed E-state index contributed by atoms with van der Waals surface area (Å²) in [5, 5.41) is 0. The van der Waals surface area contributed by atoms with E-state index in [2.05, 4.69) is 15.9 Å². The number of ether oxygens (including phenoxy) is 3. The third-order valence-electron chi connectivity index (χ3n) is 2.87. The molecular weight excluding hydrogens is 288 g/mol. The Kier molecular flexibility index (Phi) is 7.08. The number of carbonyl (C=O) groups is 1. The predicted molar refractivity (Wildman–Crippen MR) is 68.3 cm³/mol. The van der Waals surface area contributed by atoms with Crippen LogP contribution in [0.15, 0.2) is 0 Å². The monoisotopic (exact) mass is 308 g/mol. The molecule has 0 heterocycles. The van der Waals surface area contributed by atoms with Crippen LogP contribution in [0.4, 0.5) is 0 Å². The van der Waals surface area contributed by atoms with E-state index < -0.39 is 0 Å². The second-order valence-electron chi connectivity index (χ2n) is 4.19. The number of hydrogen-bond donors (Lipinski definition) is 0. The van der Waals surface area contributed by atoms with Crippen LogP contribution in [0.1, 0.15) is 26.2 Å². The zero-order chi connectivity index (χ0) is 12.7. The highest BCUT2D eigenvalue weighted by Gasteiger charge is 2.37. The van der Waals surface area contributed by atoms with Gasteiger partial charge in [0.15, 0.2) is 0 Å². The highest BCUT2D eigenvalue weighted by Crippen LogP contribution is 2.34. The van der Waals surface area contributed by atoms with Crippen molar-refractivity contribution >= 4 is 21.9 Å². The molecule has 0 aromatic rings. The average Bonchev–Trinajstić information content (AvgIpc) is 2.67. The summed E-state index contributed by atoms with van der Waals surface area (Å²) in [4.78, 5) is 11.8. The van der Waals surface area contributed by atoms with Gasteiger partial charge in [0, 0.05) is 25.2 Å². The van der Waals surface area contributed by atoms with Crippen LogP contribution < -0.4 is 0 Å². The summed E-state index contributed by atoms with van der Waals surface area (Å²) in [5.74, 6) is -0.119. The lowest BCUT2D eigenvalue weighted by atomic mass is 10.1. The molecule has 5 heteroatoms. The molecule has 17 heavy (non-hydrogen) atoms. The molecule has 3 unspecified atom stereocenters. The first-order chi connectivity index (χ1) is 8.19. The van der Waals surface area contributed by atoms with Crippen LogP contribution in [0.3, 0.4) is 0 Å². The molecule has 0 aromatic heterocycles. The van der Waals surface area contributed by atoms with Crippen LogP contribution in [-0.4, -0.2) is 43.8 Å². The van der Waals surface area contributed by atoms with Gasteiger partial charge in [-0.05, 0) is 26.2 Å². The maximum absolute atomic E-state index is 11.6. The molecule has 1 fully saturated rings. The molecule has 0 N–H and O–H groups in total. The van der Waals surface area contributed by atoms with Crippen LogP contribution in [0.5, 0.6) is 0 Å². The fourth-order valence-electron chi connectivity index (χ4n) is 2.01. The minimum absolute atomic E-state index is 0.0215. The minimum atomic E-state index is -0.0973. The highest BCUT2D eigenvalue weighted by molar-refractivity contribution is 9.09. The first-order valence-electron chi connectivity index (χ1n) is 6.10. The van der Waals surface area contributed by atoms with Gasteiger partial charge in [-0.1, -0.05) is 15.9 Å². The molecule has 1 aliphatic carbocycles. The van der Waals surface area contributed by atoms with Gasteiger partial charge >= 0.3 is 5.97 Å². The number of carbonyl (C=O) groups excluding carboxylic acids is 1. The summed E-state index contributed by atoms with van der Waals surface area (Å²) < 4.78 is 15.7. The number of alkyl halides is 1. The fraction of sp³-hybridized carbons (Fsp3) is 0.917. The van der Waals surface area contributed by atoms with E-state index in [1.165, 1.54) is 0 Å². The Balaban J connectivity index is 2.26. The molecule has 1 rings (SSSR count). The number of methoxy groups -OCH3 is 1. The van der Waals surface area contributed by atoms with Crippen molar-refractivity contribution in [3.05, 3.63) is 0 Å². The summed E-state index contributed by atoms with van der Waals surface area (Å²) in [6, 6.07) is 0. The summed E-state index contributed by atoms with van der Waals surface area (Å²) in [5.41, 5.74) is 0. The van der Waals surface area contributed by atoms with Gasteiger partial charge in [0.1, 0.15) is 0 Å². The maximum Gasteiger partial charge on any atom is 0.309 e. The molecule has 0 aliphatic heterocycles. The van der Waals surface area contributed by atoms with Gasteiger partial charge in [-0.2, -0.15) is 0 Å². The van der Waals surface area contributed by atoms with Crippen LogP contribution in [0.25, 0.3) is 0 Å². The summed E-state index contributed by atoms with van der Waals surface area (Å²) in [6.07, 6.45) is 2.55. The van der Waals surface area contributed by atoms with Gasteiger partial charge in [-0.15, -0.1) is 0 Å². The topological polar surface area (TPSA) is 44.8 Å². The zero-order valence-corrected chi connectivity index (χ0v) is 12.1. The van der Waals surface area contributed by atoms with Crippen molar-refractivity contribution in [3.63, 3.8) is 0 Å². The molecule has 0 amide bonds. The Morgan fingerprint density at radius 2 is 2.12 bits per heavy atom. The Morgan fingerprint density at radius 3 is 2.76 bits per heavy atom. The Morgan fingerprint density at radius 1 is 1.35 bits per heavy atom. The Hall–Kier alpha value is -0.130. The van der Waals surface area contributed by atoms with E-state index in [1.54, 1.807) is 7.11 Å². The van der Waals surface area contributed by atoms with Crippen molar-refractivity contribution in [3.8, 4) is 0 Å². The second-order valence-corrected chi connectivity index (χ2v) is 5.37. The quantitative estimate of drug-likeness (QED) is 0.411. The first kappa shape index (κ1) is 14.9. The van der Waals surface area contributed by atoms with Crippen molar-refractivity contribution in [1.82, 2.24) is 0 Å². The van der Waals surface area contributed by atoms with Gasteiger partial charge in [-0.25, -0.2) is 0 Å². The van der Waals surface area contributed by atoms with E-state index in [4.69, 9.17) is 14.2 Å². The van der Waals surface area contributed by atoms with Crippen molar-refractivity contribution in [1.29, 1.82) is 0 Å². The SMILES string of the molecule is CCOC(=O)C1CC(Br)C(OCCCOC)C1. The lowest BCUT2D eigenvalue weighted by Crippen LogP contribution is -2.19. The van der Waals surface area contributed by atoms with Crippen LogP contribution in [-0.2, 0) is 19.0 Å². The molecular formula is C12H21BrO4. The van der Waals surface area contributed by atoms with Gasteiger partial charge in [0.05, 0.1) is 18.6 Å². The van der Waals surface area contributed by atoms with Crippen molar-refractivity contribution in [2.75, 3.05) is 26.9 Å². The highest BCUT2D eigenvalue weighted by atomic mass is 79.9. The Bertz CT molecular complexity index is 235. The number of halogens is 1. The zero-order valence-electron chi connectivity index (χ0n) is 10.5. The predicted octanol–water partition coefficient (Wildman–Crippen LogP) is 2.14. The largest absolute Gasteiger partial charge is 0.466 e. The van der Waals surface area contributed by atoms with Crippen LogP contribution in [0.2, 0.25) is 0 Å². The van der Waals surface area contributed by atoms with Crippen LogP contribution >= 0.6 is 15.9 Å². The molecule has 4 nitrogen and oxygen atoms in total. The maximum atomic E-state index is 11.6. The van der Waals surface area contributed by atoms with Crippen molar-refractivity contribution in [2.24, 2.45) is 5.92 Å². The molecule has 0 saturated heterocycles. The standard InChI is InChI=1S/C12H21BrO4/c1-3-16-12(14)9-7-10(13)11(8-9)17-6-4-5-15-2/h9-11H,3-8H2,1-2H3. The summed E-state index contributed by atoms with van der Waals surface area (Å²) in [7, 11) is 1.68. The number of hydrogen-bond acceptors (Lipinski definition) is 4. The molecule has 100 valence electrons. The molecule has 0 aromatic carbocycles. The lowest BCUT2D eigenvalue weighted by molar-refractivity contribution is -0.148. The van der Waals surface area contributed by atoms with E-state index in [0.29, 0.717) is 19.8 Å². The van der Waals surface area contributed by atoms with Crippen LogP contribution in [0, 0.1) is 5.92 Å². The minimum Gasteiger partial charge on any atom is -0.466 e. The molecule has 1 aliphatic rings. The van der Waals surface area contributed by atoms with Crippen molar-refractivity contribution in [2.45, 2.75) is 37.1 Å². The van der Waals surface area contributed by atoms with Gasteiger partial charge in [0.25, 0.3) is 0 Å². The number of esters is 1. The van der Waals surface area contributed by atoms with Gasteiger partial charge in [0.2, 0.25) is 0 Å². The summed E-state index contributed by atoms with van der Waals surface area (Å²) in [6.45, 7) is 3.66. The molecule has 3 atom stereocenters. The van der Waals surface area contributed by atoms with E-state index in [-0.39, 0.29) is 22.8 Å². The van der Waals surface area contributed by atoms with E-state index >= 15 is 0 Å². The van der Waals surface area contributed by atoms with E-state index in [0.717, 1.165) is 19.3 Å². The normalized spacial score (nSPS) is 28.3. The number of rotatable bonds is 7. The van der Waals surface area contributed by atoms with Gasteiger partial charge in [-0.3, -0.25) is 4.79 Å². The fourth-order valence-corrected chi connectivity index (χ4v) is 2.83. The van der Waals surface area contributed by atoms with E-state index in [1.807, 2.05) is 6.92 Å². The second kappa shape index (κ2) is 8.06. The Labute approximate surface area is 111 Å². The van der Waals surface area contributed by atoms with E-state index in [9.17, 15) is 4.79 Å². The molecule has 0 radical (unpaired) electrons. The molecule has 0 bridgehead atoms. The summed E-state index contributed by atoms with van der Waals surface area (Å²) >= 11 is 3.57. The third kappa shape index (κ3) is 4.94. The smallest absolute Gasteiger partial charge is 0.309 e. The molecule has 0 spiro atoms. The first-order valence-corrected chi connectivity index (χ1v) is 7.01. The molecule has 1 saturated carbocycles.